The number of methoxy groups -OCH3 is 1. The van der Waals surface area contributed by atoms with E-state index >= 15 is 0 Å². The smallest absolute Gasteiger partial charge is 0.123 e. The molecule has 1 unspecified atom stereocenters. The molecule has 1 N–H and O–H groups in total. The summed E-state index contributed by atoms with van der Waals surface area (Å²) in [6.07, 6.45) is 2.28. The molecule has 0 aliphatic carbocycles. The van der Waals surface area contributed by atoms with Crippen molar-refractivity contribution in [1.82, 2.24) is 5.32 Å². The van der Waals surface area contributed by atoms with Crippen molar-refractivity contribution in [3.05, 3.63) is 28.8 Å². The van der Waals surface area contributed by atoms with Gasteiger partial charge in [-0.15, -0.1) is 0 Å². The van der Waals surface area contributed by atoms with Gasteiger partial charge in [0.25, 0.3) is 0 Å². The Morgan fingerprint density at radius 1 is 1.42 bits per heavy atom. The van der Waals surface area contributed by atoms with Gasteiger partial charge in [-0.1, -0.05) is 11.6 Å². The van der Waals surface area contributed by atoms with E-state index in [4.69, 9.17) is 21.1 Å². The molecule has 3 nitrogen and oxygen atoms in total. The molecule has 1 aliphatic heterocycles. The van der Waals surface area contributed by atoms with Gasteiger partial charge in [0.15, 0.2) is 0 Å². The first-order valence-corrected chi connectivity index (χ1v) is 7.22. The summed E-state index contributed by atoms with van der Waals surface area (Å²) in [4.78, 5) is 0. The summed E-state index contributed by atoms with van der Waals surface area (Å²) in [5.41, 5.74) is 1.11. The van der Waals surface area contributed by atoms with Crippen LogP contribution in [0.3, 0.4) is 0 Å². The number of ether oxygens (including phenoxy) is 2. The molecule has 1 atom stereocenters. The molecule has 1 heterocycles. The lowest BCUT2D eigenvalue weighted by molar-refractivity contribution is 0.0557. The lowest BCUT2D eigenvalue weighted by Crippen LogP contribution is -2.36. The molecule has 1 fully saturated rings. The zero-order valence-electron chi connectivity index (χ0n) is 11.6. The Morgan fingerprint density at radius 2 is 2.16 bits per heavy atom. The third kappa shape index (κ3) is 4.10. The first kappa shape index (κ1) is 14.6. The number of halogens is 1. The summed E-state index contributed by atoms with van der Waals surface area (Å²) < 4.78 is 10.8. The zero-order valence-corrected chi connectivity index (χ0v) is 12.4. The summed E-state index contributed by atoms with van der Waals surface area (Å²) in [5, 5.41) is 4.32. The fraction of sp³-hybridized carbons (Fsp3) is 0.600. The Morgan fingerprint density at radius 3 is 2.84 bits per heavy atom. The van der Waals surface area contributed by atoms with Crippen LogP contribution in [0.1, 0.15) is 25.3 Å². The summed E-state index contributed by atoms with van der Waals surface area (Å²) >= 11 is 6.04. The van der Waals surface area contributed by atoms with Gasteiger partial charge in [-0.3, -0.25) is 0 Å². The second kappa shape index (κ2) is 7.13. The Balaban J connectivity index is 1.92. The predicted octanol–water partition coefficient (Wildman–Crippen LogP) is 3.25. The second-order valence-corrected chi connectivity index (χ2v) is 5.51. The molecule has 19 heavy (non-hydrogen) atoms. The topological polar surface area (TPSA) is 30.5 Å². The van der Waals surface area contributed by atoms with Gasteiger partial charge in [-0.25, -0.2) is 0 Å². The molecule has 1 aromatic rings. The van der Waals surface area contributed by atoms with Crippen LogP contribution in [0.2, 0.25) is 5.02 Å². The lowest BCUT2D eigenvalue weighted by atomic mass is 9.93. The van der Waals surface area contributed by atoms with E-state index < -0.39 is 0 Å². The van der Waals surface area contributed by atoms with Crippen LogP contribution >= 0.6 is 11.6 Å². The van der Waals surface area contributed by atoms with E-state index in [1.807, 2.05) is 18.2 Å². The number of benzene rings is 1. The van der Waals surface area contributed by atoms with Gasteiger partial charge in [0, 0.05) is 36.4 Å². The Bertz CT molecular complexity index is 405. The quantitative estimate of drug-likeness (QED) is 0.900. The van der Waals surface area contributed by atoms with Crippen LogP contribution in [0, 0.1) is 5.92 Å². The summed E-state index contributed by atoms with van der Waals surface area (Å²) in [6, 6.07) is 6.21. The summed E-state index contributed by atoms with van der Waals surface area (Å²) in [5.74, 6) is 1.58. The maximum absolute atomic E-state index is 6.04. The van der Waals surface area contributed by atoms with Crippen molar-refractivity contribution in [2.75, 3.05) is 20.3 Å². The van der Waals surface area contributed by atoms with Gasteiger partial charge in [0.1, 0.15) is 5.75 Å². The largest absolute Gasteiger partial charge is 0.496 e. The number of hydrogen-bond donors (Lipinski definition) is 1. The average Bonchev–Trinajstić information content (AvgIpc) is 2.46. The molecule has 0 radical (unpaired) electrons. The van der Waals surface area contributed by atoms with Crippen LogP contribution in [0.4, 0.5) is 0 Å². The monoisotopic (exact) mass is 283 g/mol. The van der Waals surface area contributed by atoms with E-state index in [2.05, 4.69) is 12.2 Å². The third-order valence-electron chi connectivity index (χ3n) is 3.83. The van der Waals surface area contributed by atoms with E-state index in [1.54, 1.807) is 7.11 Å². The summed E-state index contributed by atoms with van der Waals surface area (Å²) in [6.45, 7) is 4.80. The van der Waals surface area contributed by atoms with Gasteiger partial charge >= 0.3 is 0 Å². The zero-order chi connectivity index (χ0) is 13.7. The van der Waals surface area contributed by atoms with Gasteiger partial charge in [-0.05, 0) is 43.9 Å². The Labute approximate surface area is 120 Å². The van der Waals surface area contributed by atoms with E-state index in [0.29, 0.717) is 12.0 Å². The number of nitrogens with one attached hydrogen (secondary N) is 1. The van der Waals surface area contributed by atoms with Crippen molar-refractivity contribution in [2.45, 2.75) is 32.4 Å². The Hall–Kier alpha value is -0.770. The van der Waals surface area contributed by atoms with Crippen LogP contribution < -0.4 is 10.1 Å². The van der Waals surface area contributed by atoms with Crippen molar-refractivity contribution < 1.29 is 9.47 Å². The molecule has 0 spiro atoms. The van der Waals surface area contributed by atoms with Crippen LogP contribution in [-0.4, -0.2) is 26.4 Å². The molecular formula is C15H22ClNO2. The first-order valence-electron chi connectivity index (χ1n) is 6.84. The minimum Gasteiger partial charge on any atom is -0.496 e. The number of rotatable bonds is 5. The van der Waals surface area contributed by atoms with Gasteiger partial charge in [0.2, 0.25) is 0 Å². The van der Waals surface area contributed by atoms with E-state index in [0.717, 1.165) is 48.9 Å². The van der Waals surface area contributed by atoms with Crippen molar-refractivity contribution in [3.63, 3.8) is 0 Å². The molecule has 2 rings (SSSR count). The first-order chi connectivity index (χ1) is 9.20. The van der Waals surface area contributed by atoms with E-state index in [1.165, 1.54) is 0 Å². The summed E-state index contributed by atoms with van der Waals surface area (Å²) in [7, 11) is 1.69. The van der Waals surface area contributed by atoms with Crippen LogP contribution in [-0.2, 0) is 11.3 Å². The third-order valence-corrected chi connectivity index (χ3v) is 4.07. The molecule has 0 saturated carbocycles. The number of hydrogen-bond acceptors (Lipinski definition) is 3. The lowest BCUT2D eigenvalue weighted by Gasteiger charge is -2.28. The molecule has 0 aromatic heterocycles. The fourth-order valence-electron chi connectivity index (χ4n) is 2.54. The maximum Gasteiger partial charge on any atom is 0.123 e. The fourth-order valence-corrected chi connectivity index (χ4v) is 2.73. The van der Waals surface area contributed by atoms with Crippen molar-refractivity contribution in [3.8, 4) is 5.75 Å². The van der Waals surface area contributed by atoms with Crippen molar-refractivity contribution in [2.24, 2.45) is 5.92 Å². The Kier molecular flexibility index (Phi) is 5.49. The minimum atomic E-state index is 0.479. The van der Waals surface area contributed by atoms with Crippen LogP contribution in [0.25, 0.3) is 0 Å². The van der Waals surface area contributed by atoms with Crippen molar-refractivity contribution in [1.29, 1.82) is 0 Å². The highest BCUT2D eigenvalue weighted by molar-refractivity contribution is 6.30. The average molecular weight is 284 g/mol. The normalized spacial score (nSPS) is 18.3. The van der Waals surface area contributed by atoms with Gasteiger partial charge in [0.05, 0.1) is 7.11 Å². The molecule has 1 saturated heterocycles. The minimum absolute atomic E-state index is 0.479. The molecule has 0 amide bonds. The standard InChI is InChI=1S/C15H22ClNO2/c1-11(12-5-7-19-8-6-12)17-10-13-9-14(16)3-4-15(13)18-2/h3-4,9,11-12,17H,5-8,10H2,1-2H3. The molecular weight excluding hydrogens is 262 g/mol. The molecule has 1 aliphatic rings. The van der Waals surface area contributed by atoms with E-state index in [-0.39, 0.29) is 0 Å². The highest BCUT2D eigenvalue weighted by Crippen LogP contribution is 2.24. The molecule has 1 aromatic carbocycles. The molecule has 4 heteroatoms. The maximum atomic E-state index is 6.04. The predicted molar refractivity (Wildman–Crippen MR) is 77.8 cm³/mol. The molecule has 106 valence electrons. The van der Waals surface area contributed by atoms with Crippen LogP contribution in [0.15, 0.2) is 18.2 Å². The van der Waals surface area contributed by atoms with E-state index in [9.17, 15) is 0 Å². The van der Waals surface area contributed by atoms with Gasteiger partial charge < -0.3 is 14.8 Å². The second-order valence-electron chi connectivity index (χ2n) is 5.08. The highest BCUT2D eigenvalue weighted by atomic mass is 35.5. The van der Waals surface area contributed by atoms with Gasteiger partial charge in [-0.2, -0.15) is 0 Å². The van der Waals surface area contributed by atoms with Crippen LogP contribution in [0.5, 0.6) is 5.75 Å². The highest BCUT2D eigenvalue weighted by Gasteiger charge is 2.20. The SMILES string of the molecule is COc1ccc(Cl)cc1CNC(C)C1CCOCC1. The van der Waals surface area contributed by atoms with Crippen molar-refractivity contribution >= 4 is 11.6 Å². The molecule has 0 bridgehead atoms.